The minimum atomic E-state index is -0.969. The van der Waals surface area contributed by atoms with Crippen molar-refractivity contribution in [1.82, 2.24) is 0 Å². The van der Waals surface area contributed by atoms with Gasteiger partial charge in [0, 0.05) is 19.3 Å². The molecule has 0 spiro atoms. The number of aliphatic hydroxyl groups is 2. The second-order valence-electron chi connectivity index (χ2n) is 11.4. The highest BCUT2D eigenvalue weighted by Gasteiger charge is 2.07. The fourth-order valence-corrected chi connectivity index (χ4v) is 4.96. The average Bonchev–Trinajstić information content (AvgIpc) is 2.92. The van der Waals surface area contributed by atoms with E-state index in [4.69, 9.17) is 14.9 Å². The standard InChI is InChI=1S/C33H64O5/c1-2-3-4-5-6-7-11-14-17-20-23-26-31(35)27-24-21-18-15-12-9-8-10-13-16-19-22-25-28-33(37)38-30-32(36)29-34/h32,34,36H,2-30H2,1H3. The van der Waals surface area contributed by atoms with Crippen molar-refractivity contribution in [3.05, 3.63) is 0 Å². The summed E-state index contributed by atoms with van der Waals surface area (Å²) in [6, 6.07) is 0. The van der Waals surface area contributed by atoms with Crippen LogP contribution in [0, 0.1) is 0 Å². The highest BCUT2D eigenvalue weighted by molar-refractivity contribution is 5.78. The van der Waals surface area contributed by atoms with E-state index in [0.717, 1.165) is 44.9 Å². The molecule has 5 heteroatoms. The van der Waals surface area contributed by atoms with Gasteiger partial charge in [-0.05, 0) is 19.3 Å². The molecule has 0 rings (SSSR count). The second-order valence-corrected chi connectivity index (χ2v) is 11.4. The monoisotopic (exact) mass is 540 g/mol. The van der Waals surface area contributed by atoms with Crippen LogP contribution in [-0.4, -0.2) is 41.3 Å². The quantitative estimate of drug-likeness (QED) is 0.0677. The molecule has 1 atom stereocenters. The van der Waals surface area contributed by atoms with Crippen molar-refractivity contribution in [2.45, 2.75) is 186 Å². The molecule has 0 amide bonds. The van der Waals surface area contributed by atoms with Crippen LogP contribution in [0.5, 0.6) is 0 Å². The van der Waals surface area contributed by atoms with Crippen LogP contribution < -0.4 is 0 Å². The van der Waals surface area contributed by atoms with Gasteiger partial charge >= 0.3 is 5.97 Å². The lowest BCUT2D eigenvalue weighted by Gasteiger charge is -2.08. The van der Waals surface area contributed by atoms with Gasteiger partial charge in [-0.15, -0.1) is 0 Å². The predicted octanol–water partition coefficient (Wildman–Crippen LogP) is 9.00. The zero-order valence-corrected chi connectivity index (χ0v) is 25.2. The van der Waals surface area contributed by atoms with Crippen LogP contribution in [0.15, 0.2) is 0 Å². The number of carbonyl (C=O) groups is 2. The Labute approximate surface area is 235 Å². The number of hydrogen-bond acceptors (Lipinski definition) is 5. The number of unbranched alkanes of at least 4 members (excludes halogenated alkanes) is 22. The topological polar surface area (TPSA) is 83.8 Å². The molecule has 0 saturated heterocycles. The summed E-state index contributed by atoms with van der Waals surface area (Å²) in [5, 5.41) is 17.8. The van der Waals surface area contributed by atoms with Gasteiger partial charge in [-0.3, -0.25) is 9.59 Å². The molecule has 0 aliphatic heterocycles. The van der Waals surface area contributed by atoms with Crippen LogP contribution in [0.2, 0.25) is 0 Å². The Balaban J connectivity index is 3.21. The number of aliphatic hydroxyl groups excluding tert-OH is 2. The van der Waals surface area contributed by atoms with Gasteiger partial charge in [-0.1, -0.05) is 142 Å². The summed E-state index contributed by atoms with van der Waals surface area (Å²) in [4.78, 5) is 23.6. The number of Topliss-reactive ketones (excluding diaryl/α,β-unsaturated/α-hetero) is 1. The first-order chi connectivity index (χ1) is 18.6. The molecule has 0 bridgehead atoms. The molecule has 0 radical (unpaired) electrons. The van der Waals surface area contributed by atoms with Crippen LogP contribution in [0.3, 0.4) is 0 Å². The Morgan fingerprint density at radius 3 is 1.18 bits per heavy atom. The third kappa shape index (κ3) is 29.6. The molecule has 0 saturated carbocycles. The minimum absolute atomic E-state index is 0.117. The van der Waals surface area contributed by atoms with Crippen molar-refractivity contribution < 1.29 is 24.5 Å². The zero-order chi connectivity index (χ0) is 27.9. The molecule has 2 N–H and O–H groups in total. The fraction of sp³-hybridized carbons (Fsp3) is 0.939. The molecule has 0 aromatic rings. The van der Waals surface area contributed by atoms with Crippen molar-refractivity contribution >= 4 is 11.8 Å². The predicted molar refractivity (Wildman–Crippen MR) is 159 cm³/mol. The molecule has 0 fully saturated rings. The lowest BCUT2D eigenvalue weighted by molar-refractivity contribution is -0.147. The van der Waals surface area contributed by atoms with Crippen LogP contribution >= 0.6 is 0 Å². The molecular formula is C33H64O5. The summed E-state index contributed by atoms with van der Waals surface area (Å²) in [6.07, 6.45) is 31.4. The SMILES string of the molecule is CCCCCCCCCCCCCC(=O)CCCCCCCCCCCCCCCC(=O)OCC(O)CO. The number of ketones is 1. The van der Waals surface area contributed by atoms with Crippen LogP contribution in [0.4, 0.5) is 0 Å². The van der Waals surface area contributed by atoms with E-state index in [-0.39, 0.29) is 19.2 Å². The Morgan fingerprint density at radius 2 is 0.842 bits per heavy atom. The first kappa shape index (κ1) is 37.1. The summed E-state index contributed by atoms with van der Waals surface area (Å²) in [5.41, 5.74) is 0. The maximum Gasteiger partial charge on any atom is 0.305 e. The molecule has 1 unspecified atom stereocenters. The van der Waals surface area contributed by atoms with Gasteiger partial charge in [0.15, 0.2) is 0 Å². The highest BCUT2D eigenvalue weighted by Crippen LogP contribution is 2.15. The highest BCUT2D eigenvalue weighted by atomic mass is 16.5. The minimum Gasteiger partial charge on any atom is -0.463 e. The second kappa shape index (κ2) is 30.6. The van der Waals surface area contributed by atoms with Gasteiger partial charge in [0.05, 0.1) is 6.61 Å². The molecule has 0 aromatic carbocycles. The first-order valence-corrected chi connectivity index (χ1v) is 16.6. The number of hydrogen-bond donors (Lipinski definition) is 2. The fourth-order valence-electron chi connectivity index (χ4n) is 4.96. The summed E-state index contributed by atoms with van der Waals surface area (Å²) in [6.45, 7) is 1.77. The largest absolute Gasteiger partial charge is 0.463 e. The Morgan fingerprint density at radius 1 is 0.526 bits per heavy atom. The number of esters is 1. The van der Waals surface area contributed by atoms with E-state index in [1.165, 1.54) is 122 Å². The van der Waals surface area contributed by atoms with Crippen molar-refractivity contribution in [2.75, 3.05) is 13.2 Å². The first-order valence-electron chi connectivity index (χ1n) is 16.6. The van der Waals surface area contributed by atoms with E-state index in [2.05, 4.69) is 6.92 Å². The van der Waals surface area contributed by atoms with E-state index < -0.39 is 6.10 Å². The Kier molecular flexibility index (Phi) is 29.8. The normalized spacial score (nSPS) is 12.1. The maximum absolute atomic E-state index is 12.1. The third-order valence-electron chi connectivity index (χ3n) is 7.54. The van der Waals surface area contributed by atoms with Crippen LogP contribution in [0.1, 0.15) is 180 Å². The molecular weight excluding hydrogens is 476 g/mol. The van der Waals surface area contributed by atoms with Crippen LogP contribution in [0.25, 0.3) is 0 Å². The molecule has 38 heavy (non-hydrogen) atoms. The van der Waals surface area contributed by atoms with Gasteiger partial charge in [0.25, 0.3) is 0 Å². The van der Waals surface area contributed by atoms with E-state index in [1.54, 1.807) is 0 Å². The van der Waals surface area contributed by atoms with E-state index in [1.807, 2.05) is 0 Å². The molecule has 226 valence electrons. The van der Waals surface area contributed by atoms with E-state index >= 15 is 0 Å². The Bertz CT molecular complexity index is 508. The lowest BCUT2D eigenvalue weighted by atomic mass is 10.0. The van der Waals surface area contributed by atoms with Gasteiger partial charge in [0.2, 0.25) is 0 Å². The number of carbonyl (C=O) groups excluding carboxylic acids is 2. The van der Waals surface area contributed by atoms with E-state index in [9.17, 15) is 9.59 Å². The lowest BCUT2D eigenvalue weighted by Crippen LogP contribution is -2.21. The van der Waals surface area contributed by atoms with Crippen molar-refractivity contribution in [3.8, 4) is 0 Å². The molecule has 0 aliphatic rings. The van der Waals surface area contributed by atoms with Crippen LogP contribution in [-0.2, 0) is 14.3 Å². The molecule has 0 heterocycles. The number of ether oxygens (including phenoxy) is 1. The summed E-state index contributed by atoms with van der Waals surface area (Å²) >= 11 is 0. The third-order valence-corrected chi connectivity index (χ3v) is 7.54. The van der Waals surface area contributed by atoms with Gasteiger partial charge in [0.1, 0.15) is 18.5 Å². The van der Waals surface area contributed by atoms with Gasteiger partial charge in [-0.25, -0.2) is 0 Å². The average molecular weight is 541 g/mol. The summed E-state index contributed by atoms with van der Waals surface area (Å²) in [5.74, 6) is 0.197. The van der Waals surface area contributed by atoms with Crippen molar-refractivity contribution in [2.24, 2.45) is 0 Å². The van der Waals surface area contributed by atoms with Gasteiger partial charge in [-0.2, -0.15) is 0 Å². The van der Waals surface area contributed by atoms with Gasteiger partial charge < -0.3 is 14.9 Å². The molecule has 5 nitrogen and oxygen atoms in total. The van der Waals surface area contributed by atoms with Crippen molar-refractivity contribution in [3.63, 3.8) is 0 Å². The Hall–Kier alpha value is -0.940. The summed E-state index contributed by atoms with van der Waals surface area (Å²) < 4.78 is 4.89. The summed E-state index contributed by atoms with van der Waals surface area (Å²) in [7, 11) is 0. The maximum atomic E-state index is 12.1. The molecule has 0 aromatic heterocycles. The smallest absolute Gasteiger partial charge is 0.305 e. The van der Waals surface area contributed by atoms with E-state index in [0.29, 0.717) is 12.2 Å². The number of rotatable bonds is 31. The zero-order valence-electron chi connectivity index (χ0n) is 25.2. The van der Waals surface area contributed by atoms with Crippen molar-refractivity contribution in [1.29, 1.82) is 0 Å². The molecule has 0 aliphatic carbocycles.